The Bertz CT molecular complexity index is 320. The quantitative estimate of drug-likeness (QED) is 0.795. The minimum atomic E-state index is 0.0908. The van der Waals surface area contributed by atoms with Crippen LogP contribution in [0.5, 0.6) is 5.75 Å². The van der Waals surface area contributed by atoms with Crippen molar-refractivity contribution in [3.05, 3.63) is 29.3 Å². The molecule has 1 aromatic carbocycles. The number of hydrogen-bond acceptors (Lipinski definition) is 2. The summed E-state index contributed by atoms with van der Waals surface area (Å²) >= 11 is 0. The van der Waals surface area contributed by atoms with Crippen molar-refractivity contribution < 1.29 is 5.11 Å². The Labute approximate surface area is 92.1 Å². The monoisotopic (exact) mass is 207 g/mol. The summed E-state index contributed by atoms with van der Waals surface area (Å²) in [6.07, 6.45) is 2.07. The van der Waals surface area contributed by atoms with E-state index in [0.717, 1.165) is 24.0 Å². The summed E-state index contributed by atoms with van der Waals surface area (Å²) in [7, 11) is 0. The highest BCUT2D eigenvalue weighted by Gasteiger charge is 2.10. The van der Waals surface area contributed by atoms with E-state index in [0.29, 0.717) is 11.7 Å². The molecule has 0 aromatic heterocycles. The fourth-order valence-electron chi connectivity index (χ4n) is 1.74. The van der Waals surface area contributed by atoms with Gasteiger partial charge in [0, 0.05) is 6.04 Å². The van der Waals surface area contributed by atoms with Crippen molar-refractivity contribution in [1.29, 1.82) is 0 Å². The number of rotatable bonds is 4. The normalized spacial score (nSPS) is 13.1. The van der Waals surface area contributed by atoms with Gasteiger partial charge in [-0.1, -0.05) is 39.3 Å². The van der Waals surface area contributed by atoms with Crippen LogP contribution >= 0.6 is 0 Å². The smallest absolute Gasteiger partial charge is 0.119 e. The van der Waals surface area contributed by atoms with E-state index in [1.807, 2.05) is 12.1 Å². The number of hydrogen-bond donors (Lipinski definition) is 2. The number of phenols is 1. The van der Waals surface area contributed by atoms with Gasteiger partial charge in [0.15, 0.2) is 0 Å². The molecule has 0 spiro atoms. The van der Waals surface area contributed by atoms with Gasteiger partial charge in [-0.2, -0.15) is 0 Å². The molecule has 1 aromatic rings. The molecule has 0 amide bonds. The van der Waals surface area contributed by atoms with Crippen molar-refractivity contribution in [2.45, 2.75) is 45.6 Å². The first-order valence-electron chi connectivity index (χ1n) is 5.64. The third kappa shape index (κ3) is 2.96. The molecule has 0 bridgehead atoms. The van der Waals surface area contributed by atoms with E-state index in [1.54, 1.807) is 6.07 Å². The number of benzene rings is 1. The molecule has 0 aliphatic rings. The Hall–Kier alpha value is -1.02. The van der Waals surface area contributed by atoms with Gasteiger partial charge in [0.2, 0.25) is 0 Å². The molecule has 1 rings (SSSR count). The maximum absolute atomic E-state index is 9.68. The van der Waals surface area contributed by atoms with Gasteiger partial charge in [-0.25, -0.2) is 0 Å². The van der Waals surface area contributed by atoms with Crippen molar-refractivity contribution in [2.75, 3.05) is 0 Å². The Morgan fingerprint density at radius 1 is 1.33 bits per heavy atom. The lowest BCUT2D eigenvalue weighted by molar-refractivity contribution is 0.464. The molecule has 84 valence electrons. The van der Waals surface area contributed by atoms with E-state index >= 15 is 0 Å². The van der Waals surface area contributed by atoms with Gasteiger partial charge in [0.05, 0.1) is 0 Å². The van der Waals surface area contributed by atoms with Gasteiger partial charge in [0.25, 0.3) is 0 Å². The van der Waals surface area contributed by atoms with E-state index in [-0.39, 0.29) is 6.04 Å². The van der Waals surface area contributed by atoms with Gasteiger partial charge in [-0.05, 0) is 29.5 Å². The summed E-state index contributed by atoms with van der Waals surface area (Å²) in [5.41, 5.74) is 8.15. The van der Waals surface area contributed by atoms with Gasteiger partial charge < -0.3 is 10.8 Å². The first-order valence-corrected chi connectivity index (χ1v) is 5.64. The van der Waals surface area contributed by atoms with Crippen molar-refractivity contribution >= 4 is 0 Å². The van der Waals surface area contributed by atoms with Crippen LogP contribution in [0.25, 0.3) is 0 Å². The Morgan fingerprint density at radius 3 is 2.53 bits per heavy atom. The average Bonchev–Trinajstić information content (AvgIpc) is 2.18. The van der Waals surface area contributed by atoms with Crippen LogP contribution in [0.3, 0.4) is 0 Å². The van der Waals surface area contributed by atoms with E-state index in [1.165, 1.54) is 0 Å². The lowest BCUT2D eigenvalue weighted by atomic mass is 9.95. The molecule has 0 saturated carbocycles. The molecule has 0 saturated heterocycles. The summed E-state index contributed by atoms with van der Waals surface area (Å²) in [5.74, 6) is 0.705. The van der Waals surface area contributed by atoms with E-state index in [4.69, 9.17) is 5.73 Å². The van der Waals surface area contributed by atoms with Crippen LogP contribution in [0.1, 0.15) is 56.7 Å². The lowest BCUT2D eigenvalue weighted by Gasteiger charge is -2.15. The van der Waals surface area contributed by atoms with Crippen LogP contribution in [-0.4, -0.2) is 5.11 Å². The van der Waals surface area contributed by atoms with E-state index in [2.05, 4.69) is 20.8 Å². The highest BCUT2D eigenvalue weighted by atomic mass is 16.3. The molecule has 1 unspecified atom stereocenters. The standard InChI is InChI=1S/C13H21NO/c1-4-5-12(14)10-6-7-13(15)11(8-10)9(2)3/h6-9,12,15H,4-5,14H2,1-3H3. The summed E-state index contributed by atoms with van der Waals surface area (Å²) in [6, 6.07) is 5.79. The molecule has 15 heavy (non-hydrogen) atoms. The van der Waals surface area contributed by atoms with E-state index < -0.39 is 0 Å². The highest BCUT2D eigenvalue weighted by Crippen LogP contribution is 2.28. The van der Waals surface area contributed by atoms with E-state index in [9.17, 15) is 5.11 Å². The second-order valence-corrected chi connectivity index (χ2v) is 4.37. The summed E-state index contributed by atoms with van der Waals surface area (Å²) in [5, 5.41) is 9.68. The fraction of sp³-hybridized carbons (Fsp3) is 0.538. The third-order valence-electron chi connectivity index (χ3n) is 2.70. The average molecular weight is 207 g/mol. The second-order valence-electron chi connectivity index (χ2n) is 4.37. The number of nitrogens with two attached hydrogens (primary N) is 1. The van der Waals surface area contributed by atoms with Gasteiger partial charge in [-0.3, -0.25) is 0 Å². The Morgan fingerprint density at radius 2 is 2.00 bits per heavy atom. The zero-order chi connectivity index (χ0) is 11.4. The predicted octanol–water partition coefficient (Wildman–Crippen LogP) is 3.32. The molecular formula is C13H21NO. The molecular weight excluding hydrogens is 186 g/mol. The molecule has 0 aliphatic heterocycles. The fourth-order valence-corrected chi connectivity index (χ4v) is 1.74. The molecule has 0 fully saturated rings. The molecule has 2 nitrogen and oxygen atoms in total. The van der Waals surface area contributed by atoms with Crippen LogP contribution in [0.4, 0.5) is 0 Å². The molecule has 0 aliphatic carbocycles. The second kappa shape index (κ2) is 5.17. The molecule has 0 heterocycles. The van der Waals surface area contributed by atoms with Crippen molar-refractivity contribution in [3.63, 3.8) is 0 Å². The van der Waals surface area contributed by atoms with Gasteiger partial charge in [-0.15, -0.1) is 0 Å². The summed E-state index contributed by atoms with van der Waals surface area (Å²) in [4.78, 5) is 0. The topological polar surface area (TPSA) is 46.2 Å². The zero-order valence-corrected chi connectivity index (χ0v) is 9.83. The summed E-state index contributed by atoms with van der Waals surface area (Å²) in [6.45, 7) is 6.28. The first-order chi connectivity index (χ1) is 7.06. The Kier molecular flexibility index (Phi) is 4.15. The highest BCUT2D eigenvalue weighted by molar-refractivity contribution is 5.39. The molecule has 3 N–H and O–H groups in total. The van der Waals surface area contributed by atoms with Crippen LogP contribution in [-0.2, 0) is 0 Å². The molecule has 0 radical (unpaired) electrons. The van der Waals surface area contributed by atoms with Crippen molar-refractivity contribution in [1.82, 2.24) is 0 Å². The lowest BCUT2D eigenvalue weighted by Crippen LogP contribution is -2.10. The molecule has 2 heteroatoms. The van der Waals surface area contributed by atoms with Crippen molar-refractivity contribution in [2.24, 2.45) is 5.73 Å². The summed E-state index contributed by atoms with van der Waals surface area (Å²) < 4.78 is 0. The third-order valence-corrected chi connectivity index (χ3v) is 2.70. The predicted molar refractivity (Wildman–Crippen MR) is 64.0 cm³/mol. The maximum atomic E-state index is 9.68. The Balaban J connectivity index is 2.96. The first kappa shape index (κ1) is 12.1. The maximum Gasteiger partial charge on any atom is 0.119 e. The molecule has 1 atom stereocenters. The largest absolute Gasteiger partial charge is 0.508 e. The zero-order valence-electron chi connectivity index (χ0n) is 9.83. The van der Waals surface area contributed by atoms with Crippen LogP contribution in [0.15, 0.2) is 18.2 Å². The van der Waals surface area contributed by atoms with Crippen molar-refractivity contribution in [3.8, 4) is 5.75 Å². The SMILES string of the molecule is CCCC(N)c1ccc(O)c(C(C)C)c1. The number of aromatic hydroxyl groups is 1. The van der Waals surface area contributed by atoms with Gasteiger partial charge in [0.1, 0.15) is 5.75 Å². The van der Waals surface area contributed by atoms with Gasteiger partial charge >= 0.3 is 0 Å². The van der Waals surface area contributed by atoms with Crippen LogP contribution in [0, 0.1) is 0 Å². The minimum Gasteiger partial charge on any atom is -0.508 e. The van der Waals surface area contributed by atoms with Crippen LogP contribution in [0.2, 0.25) is 0 Å². The van der Waals surface area contributed by atoms with Crippen LogP contribution < -0.4 is 5.73 Å². The minimum absolute atomic E-state index is 0.0908. The number of phenolic OH excluding ortho intramolecular Hbond substituents is 1.